The maximum Gasteiger partial charge on any atom is 0.152 e. The van der Waals surface area contributed by atoms with Gasteiger partial charge in [0.15, 0.2) is 9.84 Å². The van der Waals surface area contributed by atoms with Crippen molar-refractivity contribution in [3.8, 4) is 11.1 Å². The highest BCUT2D eigenvalue weighted by molar-refractivity contribution is 7.91. The molecule has 5 nitrogen and oxygen atoms in total. The Balaban J connectivity index is 1.72. The van der Waals surface area contributed by atoms with Crippen molar-refractivity contribution in [2.45, 2.75) is 26.3 Å². The fourth-order valence-electron chi connectivity index (χ4n) is 3.11. The van der Waals surface area contributed by atoms with Gasteiger partial charge in [0.05, 0.1) is 17.2 Å². The molecule has 6 heteroatoms. The van der Waals surface area contributed by atoms with Crippen molar-refractivity contribution in [2.75, 3.05) is 24.6 Å². The molecule has 0 spiro atoms. The molecule has 0 atom stereocenters. The van der Waals surface area contributed by atoms with Crippen molar-refractivity contribution in [3.63, 3.8) is 0 Å². The molecule has 0 amide bonds. The van der Waals surface area contributed by atoms with Gasteiger partial charge in [-0.1, -0.05) is 38.1 Å². The number of benzene rings is 1. The van der Waals surface area contributed by atoms with Gasteiger partial charge in [-0.05, 0) is 17.0 Å². The van der Waals surface area contributed by atoms with Crippen LogP contribution < -0.4 is 0 Å². The second kappa shape index (κ2) is 6.69. The van der Waals surface area contributed by atoms with E-state index in [0.29, 0.717) is 19.0 Å². The van der Waals surface area contributed by atoms with E-state index in [4.69, 9.17) is 0 Å². The summed E-state index contributed by atoms with van der Waals surface area (Å²) < 4.78 is 24.9. The quantitative estimate of drug-likeness (QED) is 0.852. The van der Waals surface area contributed by atoms with Gasteiger partial charge in [-0.15, -0.1) is 0 Å². The van der Waals surface area contributed by atoms with Crippen molar-refractivity contribution >= 4 is 9.84 Å². The van der Waals surface area contributed by atoms with E-state index in [-0.39, 0.29) is 11.5 Å². The third kappa shape index (κ3) is 3.87. The largest absolute Gasteiger partial charge is 0.297 e. The first kappa shape index (κ1) is 17.2. The average Bonchev–Trinajstić information content (AvgIpc) is 2.92. The molecule has 0 N–H and O–H groups in total. The van der Waals surface area contributed by atoms with Gasteiger partial charge in [0, 0.05) is 38.4 Å². The smallest absolute Gasteiger partial charge is 0.152 e. The molecule has 0 unspecified atom stereocenters. The van der Waals surface area contributed by atoms with Crippen molar-refractivity contribution < 1.29 is 8.42 Å². The molecule has 1 aliphatic heterocycles. The SMILES string of the molecule is CC(C)c1nn(C)cc1-c1ccc(CN2CCS(=O)(=O)CC2)cc1. The number of rotatable bonds is 4. The van der Waals surface area contributed by atoms with Gasteiger partial charge in [0.25, 0.3) is 0 Å². The Labute approximate surface area is 144 Å². The molecule has 0 radical (unpaired) electrons. The molecule has 0 bridgehead atoms. The van der Waals surface area contributed by atoms with Gasteiger partial charge >= 0.3 is 0 Å². The Bertz CT molecular complexity index is 793. The lowest BCUT2D eigenvalue weighted by Gasteiger charge is -2.26. The molecule has 0 aliphatic carbocycles. The first-order valence-corrected chi connectivity index (χ1v) is 10.2. The summed E-state index contributed by atoms with van der Waals surface area (Å²) in [7, 11) is -0.860. The van der Waals surface area contributed by atoms with Crippen molar-refractivity contribution in [3.05, 3.63) is 41.7 Å². The van der Waals surface area contributed by atoms with Gasteiger partial charge < -0.3 is 0 Å². The van der Waals surface area contributed by atoms with Crippen LogP contribution in [0.2, 0.25) is 0 Å². The highest BCUT2D eigenvalue weighted by Gasteiger charge is 2.21. The maximum absolute atomic E-state index is 11.5. The van der Waals surface area contributed by atoms with Crippen molar-refractivity contribution in [2.24, 2.45) is 7.05 Å². The Morgan fingerprint density at radius 1 is 1.12 bits per heavy atom. The van der Waals surface area contributed by atoms with E-state index < -0.39 is 9.84 Å². The number of hydrogen-bond acceptors (Lipinski definition) is 4. The summed E-state index contributed by atoms with van der Waals surface area (Å²) in [5, 5.41) is 4.57. The molecule has 2 heterocycles. The van der Waals surface area contributed by atoms with Crippen LogP contribution in [0.15, 0.2) is 30.5 Å². The van der Waals surface area contributed by atoms with Gasteiger partial charge in [0.1, 0.15) is 0 Å². The van der Waals surface area contributed by atoms with E-state index in [9.17, 15) is 8.42 Å². The lowest BCUT2D eigenvalue weighted by atomic mass is 9.99. The molecule has 1 aliphatic rings. The number of nitrogens with zero attached hydrogens (tertiary/aromatic N) is 3. The minimum Gasteiger partial charge on any atom is -0.297 e. The second-order valence-corrected chi connectivity index (χ2v) is 9.18. The Kier molecular flexibility index (Phi) is 4.78. The van der Waals surface area contributed by atoms with E-state index >= 15 is 0 Å². The summed E-state index contributed by atoms with van der Waals surface area (Å²) in [5.74, 6) is 0.938. The molecule has 3 rings (SSSR count). The summed E-state index contributed by atoms with van der Waals surface area (Å²) in [6.45, 7) is 6.38. The highest BCUT2D eigenvalue weighted by atomic mass is 32.2. The normalized spacial score (nSPS) is 18.2. The first-order chi connectivity index (χ1) is 11.3. The van der Waals surface area contributed by atoms with Crippen LogP contribution in [-0.4, -0.2) is 47.7 Å². The molecule has 1 aromatic carbocycles. The molecule has 1 saturated heterocycles. The third-order valence-corrected chi connectivity index (χ3v) is 6.12. The van der Waals surface area contributed by atoms with E-state index in [1.807, 2.05) is 11.7 Å². The monoisotopic (exact) mass is 347 g/mol. The van der Waals surface area contributed by atoms with Gasteiger partial charge in [-0.2, -0.15) is 5.10 Å². The highest BCUT2D eigenvalue weighted by Crippen LogP contribution is 2.28. The zero-order valence-electron chi connectivity index (χ0n) is 14.6. The van der Waals surface area contributed by atoms with Gasteiger partial charge in [0.2, 0.25) is 0 Å². The zero-order valence-corrected chi connectivity index (χ0v) is 15.4. The second-order valence-electron chi connectivity index (χ2n) is 6.88. The molecular weight excluding hydrogens is 322 g/mol. The standard InChI is InChI=1S/C18H25N3O2S/c1-14(2)18-17(13-20(3)19-18)16-6-4-15(5-7-16)12-21-8-10-24(22,23)11-9-21/h4-7,13-14H,8-12H2,1-3H3. The predicted octanol–water partition coefficient (Wildman–Crippen LogP) is 2.44. The maximum atomic E-state index is 11.5. The Morgan fingerprint density at radius 3 is 2.33 bits per heavy atom. The fourth-order valence-corrected chi connectivity index (χ4v) is 4.39. The fraction of sp³-hybridized carbons (Fsp3) is 0.500. The third-order valence-electron chi connectivity index (χ3n) is 4.51. The summed E-state index contributed by atoms with van der Waals surface area (Å²) in [6, 6.07) is 8.54. The number of aromatic nitrogens is 2. The van der Waals surface area contributed by atoms with Crippen LogP contribution in [0, 0.1) is 0 Å². The van der Waals surface area contributed by atoms with E-state index in [0.717, 1.165) is 12.2 Å². The summed E-state index contributed by atoms with van der Waals surface area (Å²) in [4.78, 5) is 2.21. The molecule has 2 aromatic rings. The van der Waals surface area contributed by atoms with Crippen LogP contribution in [0.3, 0.4) is 0 Å². The Hall–Kier alpha value is -1.66. The zero-order chi connectivity index (χ0) is 17.3. The molecule has 130 valence electrons. The van der Waals surface area contributed by atoms with Crippen molar-refractivity contribution in [1.82, 2.24) is 14.7 Å². The minimum absolute atomic E-state index is 0.276. The molecule has 1 aromatic heterocycles. The van der Waals surface area contributed by atoms with Crippen LogP contribution in [0.4, 0.5) is 0 Å². The lowest BCUT2D eigenvalue weighted by molar-refractivity contribution is 0.287. The predicted molar refractivity (Wildman–Crippen MR) is 96.7 cm³/mol. The number of aryl methyl sites for hydroxylation is 1. The lowest BCUT2D eigenvalue weighted by Crippen LogP contribution is -2.39. The Morgan fingerprint density at radius 2 is 1.75 bits per heavy atom. The van der Waals surface area contributed by atoms with Gasteiger partial charge in [-0.25, -0.2) is 8.42 Å². The first-order valence-electron chi connectivity index (χ1n) is 8.40. The number of sulfone groups is 1. The van der Waals surface area contributed by atoms with Crippen molar-refractivity contribution in [1.29, 1.82) is 0 Å². The van der Waals surface area contributed by atoms with E-state index in [1.54, 1.807) is 0 Å². The summed E-state index contributed by atoms with van der Waals surface area (Å²) in [6.07, 6.45) is 2.07. The average molecular weight is 347 g/mol. The molecule has 24 heavy (non-hydrogen) atoms. The topological polar surface area (TPSA) is 55.2 Å². The summed E-state index contributed by atoms with van der Waals surface area (Å²) >= 11 is 0. The van der Waals surface area contributed by atoms with Crippen LogP contribution >= 0.6 is 0 Å². The van der Waals surface area contributed by atoms with Crippen LogP contribution in [0.1, 0.15) is 31.0 Å². The molecular formula is C18H25N3O2S. The minimum atomic E-state index is -2.81. The van der Waals surface area contributed by atoms with Gasteiger partial charge in [-0.3, -0.25) is 9.58 Å². The van der Waals surface area contributed by atoms with Crippen LogP contribution in [-0.2, 0) is 23.4 Å². The van der Waals surface area contributed by atoms with Crippen LogP contribution in [0.25, 0.3) is 11.1 Å². The summed E-state index contributed by atoms with van der Waals surface area (Å²) in [5.41, 5.74) is 4.69. The number of hydrogen-bond donors (Lipinski definition) is 0. The van der Waals surface area contributed by atoms with E-state index in [2.05, 4.69) is 54.3 Å². The van der Waals surface area contributed by atoms with E-state index in [1.165, 1.54) is 16.7 Å². The van der Waals surface area contributed by atoms with Crippen LogP contribution in [0.5, 0.6) is 0 Å². The molecule has 0 saturated carbocycles. The molecule has 1 fully saturated rings.